The fourth-order valence-electron chi connectivity index (χ4n) is 3.27. The van der Waals surface area contributed by atoms with Crippen LogP contribution >= 0.6 is 11.6 Å². The number of methoxy groups -OCH3 is 2. The summed E-state index contributed by atoms with van der Waals surface area (Å²) in [5.41, 5.74) is 4.27. The molecular formula is C22H20ClN5O3. The van der Waals surface area contributed by atoms with Crippen molar-refractivity contribution in [2.75, 3.05) is 19.5 Å². The molecule has 4 rings (SSSR count). The Kier molecular flexibility index (Phi) is 5.83. The lowest BCUT2D eigenvalue weighted by Gasteiger charge is -2.08. The number of aromatic nitrogens is 4. The molecule has 9 heteroatoms. The highest BCUT2D eigenvalue weighted by atomic mass is 35.5. The number of halogens is 1. The molecule has 0 saturated heterocycles. The molecule has 0 radical (unpaired) electrons. The molecule has 2 aromatic carbocycles. The number of hydrogen-bond donors (Lipinski definition) is 1. The van der Waals surface area contributed by atoms with Crippen LogP contribution < -0.4 is 10.1 Å². The summed E-state index contributed by atoms with van der Waals surface area (Å²) in [7, 11) is 3.22. The van der Waals surface area contributed by atoms with Crippen LogP contribution in [0, 0.1) is 6.92 Å². The first-order valence-corrected chi connectivity index (χ1v) is 9.84. The Balaban J connectivity index is 1.76. The van der Waals surface area contributed by atoms with Crippen LogP contribution in [0.25, 0.3) is 16.8 Å². The molecular weight excluding hydrogens is 418 g/mol. The van der Waals surface area contributed by atoms with Gasteiger partial charge in [0.05, 0.1) is 30.7 Å². The van der Waals surface area contributed by atoms with Crippen LogP contribution in [0.2, 0.25) is 5.02 Å². The van der Waals surface area contributed by atoms with Crippen LogP contribution in [0.15, 0.2) is 48.5 Å². The molecule has 31 heavy (non-hydrogen) atoms. The molecule has 2 aromatic heterocycles. The van der Waals surface area contributed by atoms with Crippen LogP contribution in [0.5, 0.6) is 5.75 Å². The number of anilines is 1. The van der Waals surface area contributed by atoms with E-state index in [1.54, 1.807) is 49.9 Å². The number of aryl methyl sites for hydroxylation is 1. The summed E-state index contributed by atoms with van der Waals surface area (Å²) in [4.78, 5) is 12.8. The first kappa shape index (κ1) is 20.8. The van der Waals surface area contributed by atoms with Crippen molar-refractivity contribution in [2.24, 2.45) is 0 Å². The lowest BCUT2D eigenvalue weighted by atomic mass is 10.1. The maximum Gasteiger partial charge on any atom is 0.278 e. The van der Waals surface area contributed by atoms with E-state index in [9.17, 15) is 4.79 Å². The molecule has 1 amide bonds. The van der Waals surface area contributed by atoms with E-state index in [0.717, 1.165) is 16.9 Å². The number of nitrogens with zero attached hydrogens (tertiary/aromatic N) is 4. The molecule has 2 heterocycles. The maximum atomic E-state index is 12.8. The van der Waals surface area contributed by atoms with Gasteiger partial charge in [0.1, 0.15) is 5.75 Å². The van der Waals surface area contributed by atoms with Gasteiger partial charge in [0, 0.05) is 17.8 Å². The minimum atomic E-state index is -0.385. The van der Waals surface area contributed by atoms with Gasteiger partial charge in [0.25, 0.3) is 5.91 Å². The van der Waals surface area contributed by atoms with Gasteiger partial charge in [-0.1, -0.05) is 23.7 Å². The minimum absolute atomic E-state index is 0.176. The largest absolute Gasteiger partial charge is 0.497 e. The number of amides is 1. The highest BCUT2D eigenvalue weighted by molar-refractivity contribution is 6.30. The van der Waals surface area contributed by atoms with Gasteiger partial charge >= 0.3 is 0 Å². The van der Waals surface area contributed by atoms with E-state index in [4.69, 9.17) is 21.1 Å². The fraction of sp³-hybridized carbons (Fsp3) is 0.182. The summed E-state index contributed by atoms with van der Waals surface area (Å²) in [6.07, 6.45) is 0. The topological polar surface area (TPSA) is 90.6 Å². The van der Waals surface area contributed by atoms with Crippen molar-refractivity contribution in [2.45, 2.75) is 13.5 Å². The van der Waals surface area contributed by atoms with Gasteiger partial charge in [-0.25, -0.2) is 4.52 Å². The fourth-order valence-corrected chi connectivity index (χ4v) is 3.40. The zero-order chi connectivity index (χ0) is 22.0. The van der Waals surface area contributed by atoms with Gasteiger partial charge < -0.3 is 14.8 Å². The molecule has 0 bridgehead atoms. The molecule has 0 aliphatic carbocycles. The zero-order valence-corrected chi connectivity index (χ0v) is 18.0. The molecule has 0 unspecified atom stereocenters. The highest BCUT2D eigenvalue weighted by Gasteiger charge is 2.22. The molecule has 0 aliphatic rings. The third-order valence-corrected chi connectivity index (χ3v) is 5.07. The highest BCUT2D eigenvalue weighted by Crippen LogP contribution is 2.30. The van der Waals surface area contributed by atoms with E-state index in [2.05, 4.69) is 20.6 Å². The van der Waals surface area contributed by atoms with Gasteiger partial charge in [-0.3, -0.25) is 4.79 Å². The molecule has 4 aromatic rings. The monoisotopic (exact) mass is 437 g/mol. The van der Waals surface area contributed by atoms with Gasteiger partial charge in [-0.05, 0) is 48.9 Å². The summed E-state index contributed by atoms with van der Waals surface area (Å²) < 4.78 is 12.2. The van der Waals surface area contributed by atoms with Gasteiger partial charge in [-0.2, -0.15) is 5.10 Å². The number of benzene rings is 2. The average Bonchev–Trinajstić information content (AvgIpc) is 3.15. The van der Waals surface area contributed by atoms with Crippen molar-refractivity contribution in [3.05, 3.63) is 70.6 Å². The van der Waals surface area contributed by atoms with E-state index in [0.29, 0.717) is 27.7 Å². The van der Waals surface area contributed by atoms with Crippen LogP contribution in [0.1, 0.15) is 21.9 Å². The van der Waals surface area contributed by atoms with Crippen molar-refractivity contribution in [1.82, 2.24) is 19.8 Å². The zero-order valence-electron chi connectivity index (χ0n) is 17.2. The number of rotatable bonds is 6. The number of nitrogens with one attached hydrogen (secondary N) is 1. The molecule has 8 nitrogen and oxygen atoms in total. The number of hydrogen-bond acceptors (Lipinski definition) is 6. The SMILES string of the molecule is COCc1nn2c(C)c(C(=O)Nc3ccc(Cl)cc3)nnc2c1-c1ccc(OC)cc1. The van der Waals surface area contributed by atoms with Crippen LogP contribution in [-0.4, -0.2) is 39.9 Å². The lowest BCUT2D eigenvalue weighted by Crippen LogP contribution is -2.18. The van der Waals surface area contributed by atoms with Crippen molar-refractivity contribution < 1.29 is 14.3 Å². The van der Waals surface area contributed by atoms with Gasteiger partial charge in [0.2, 0.25) is 0 Å². The van der Waals surface area contributed by atoms with E-state index >= 15 is 0 Å². The summed E-state index contributed by atoms with van der Waals surface area (Å²) in [5, 5.41) is 16.6. The van der Waals surface area contributed by atoms with Crippen LogP contribution in [-0.2, 0) is 11.3 Å². The molecule has 0 fully saturated rings. The standard InChI is InChI=1S/C22H20ClN5O3/c1-13-20(22(29)24-16-8-6-15(23)7-9-16)25-26-21-19(18(12-30-2)27-28(13)21)14-4-10-17(31-3)11-5-14/h4-11H,12H2,1-3H3,(H,24,29). The molecule has 0 atom stereocenters. The van der Waals surface area contributed by atoms with Crippen LogP contribution in [0.4, 0.5) is 5.69 Å². The third kappa shape index (κ3) is 4.08. The first-order chi connectivity index (χ1) is 15.0. The molecule has 0 saturated carbocycles. The Hall–Kier alpha value is -3.49. The van der Waals surface area contributed by atoms with Crippen LogP contribution in [0.3, 0.4) is 0 Å². The summed E-state index contributed by atoms with van der Waals surface area (Å²) >= 11 is 5.90. The van der Waals surface area contributed by atoms with Crippen molar-refractivity contribution in [1.29, 1.82) is 0 Å². The summed E-state index contributed by atoms with van der Waals surface area (Å²) in [6.45, 7) is 2.07. The molecule has 0 aliphatic heterocycles. The predicted octanol–water partition coefficient (Wildman–Crippen LogP) is 4.16. The Morgan fingerprint density at radius 2 is 1.77 bits per heavy atom. The Labute approximate surface area is 183 Å². The number of carbonyl (C=O) groups is 1. The second-order valence-corrected chi connectivity index (χ2v) is 7.25. The number of carbonyl (C=O) groups excluding carboxylic acids is 1. The predicted molar refractivity (Wildman–Crippen MR) is 118 cm³/mol. The number of fused-ring (bicyclic) bond motifs is 1. The first-order valence-electron chi connectivity index (χ1n) is 9.47. The molecule has 0 spiro atoms. The van der Waals surface area contributed by atoms with E-state index in [1.807, 2.05) is 24.3 Å². The van der Waals surface area contributed by atoms with Gasteiger partial charge in [-0.15, -0.1) is 10.2 Å². The second-order valence-electron chi connectivity index (χ2n) is 6.81. The molecule has 1 N–H and O–H groups in total. The Bertz CT molecular complexity index is 1240. The van der Waals surface area contributed by atoms with E-state index in [1.165, 1.54) is 0 Å². The maximum absolute atomic E-state index is 12.8. The summed E-state index contributed by atoms with van der Waals surface area (Å²) in [5.74, 6) is 0.362. The van der Waals surface area contributed by atoms with Gasteiger partial charge in [0.15, 0.2) is 11.3 Å². The van der Waals surface area contributed by atoms with Crippen molar-refractivity contribution >= 4 is 28.8 Å². The van der Waals surface area contributed by atoms with E-state index < -0.39 is 0 Å². The van der Waals surface area contributed by atoms with Crippen molar-refractivity contribution in [3.63, 3.8) is 0 Å². The normalized spacial score (nSPS) is 11.0. The second kappa shape index (κ2) is 8.71. The Morgan fingerprint density at radius 1 is 1.06 bits per heavy atom. The Morgan fingerprint density at radius 3 is 2.42 bits per heavy atom. The smallest absolute Gasteiger partial charge is 0.278 e. The quantitative estimate of drug-likeness (QED) is 0.487. The van der Waals surface area contributed by atoms with E-state index in [-0.39, 0.29) is 18.2 Å². The minimum Gasteiger partial charge on any atom is -0.497 e. The molecule has 158 valence electrons. The van der Waals surface area contributed by atoms with Crippen molar-refractivity contribution in [3.8, 4) is 16.9 Å². The summed E-state index contributed by atoms with van der Waals surface area (Å²) in [6, 6.07) is 14.4. The number of ether oxygens (including phenoxy) is 2. The third-order valence-electron chi connectivity index (χ3n) is 4.82. The lowest BCUT2D eigenvalue weighted by molar-refractivity contribution is 0.102. The average molecular weight is 438 g/mol.